The van der Waals surface area contributed by atoms with Gasteiger partial charge in [-0.05, 0) is 74.1 Å². The SMILES string of the molecule is COc1c(C)cc(C(=O)[C@@H]2CCCN(C(=O)CCc3ccncc3)C2)cc1C. The topological polar surface area (TPSA) is 59.5 Å². The second-order valence-corrected chi connectivity index (χ2v) is 7.54. The highest BCUT2D eigenvalue weighted by molar-refractivity contribution is 5.99. The summed E-state index contributed by atoms with van der Waals surface area (Å²) in [5, 5.41) is 0. The molecule has 0 bridgehead atoms. The molecule has 1 aliphatic rings. The standard InChI is InChI=1S/C23H28N2O3/c1-16-13-20(14-17(2)23(16)28-3)22(27)19-5-4-12-25(15-19)21(26)7-6-18-8-10-24-11-9-18/h8-11,13-14,19H,4-7,12,15H2,1-3H3/t19-/m1/s1. The fourth-order valence-electron chi connectivity index (χ4n) is 4.03. The van der Waals surface area contributed by atoms with Crippen molar-refractivity contribution in [3.8, 4) is 5.75 Å². The number of Topliss-reactive ketones (excluding diaryl/α,β-unsaturated/α-hetero) is 1. The Morgan fingerprint density at radius 3 is 2.50 bits per heavy atom. The molecular formula is C23H28N2O3. The van der Waals surface area contributed by atoms with Crippen LogP contribution in [0.15, 0.2) is 36.7 Å². The Morgan fingerprint density at radius 1 is 1.18 bits per heavy atom. The lowest BCUT2D eigenvalue weighted by Gasteiger charge is -2.32. The monoisotopic (exact) mass is 380 g/mol. The van der Waals surface area contributed by atoms with Crippen molar-refractivity contribution in [1.29, 1.82) is 0 Å². The molecule has 5 heteroatoms. The van der Waals surface area contributed by atoms with Crippen LogP contribution in [0, 0.1) is 19.8 Å². The number of nitrogens with zero attached hydrogens (tertiary/aromatic N) is 2. The van der Waals surface area contributed by atoms with Crippen molar-refractivity contribution in [2.45, 2.75) is 39.5 Å². The van der Waals surface area contributed by atoms with E-state index in [0.29, 0.717) is 24.9 Å². The van der Waals surface area contributed by atoms with E-state index in [9.17, 15) is 9.59 Å². The highest BCUT2D eigenvalue weighted by atomic mass is 16.5. The molecule has 0 saturated carbocycles. The number of pyridine rings is 1. The van der Waals surface area contributed by atoms with Gasteiger partial charge in [0.2, 0.25) is 5.91 Å². The number of ether oxygens (including phenoxy) is 1. The number of benzene rings is 1. The van der Waals surface area contributed by atoms with Crippen LogP contribution in [0.2, 0.25) is 0 Å². The molecule has 0 unspecified atom stereocenters. The van der Waals surface area contributed by atoms with Crippen LogP contribution in [0.1, 0.15) is 46.3 Å². The summed E-state index contributed by atoms with van der Waals surface area (Å²) >= 11 is 0. The van der Waals surface area contributed by atoms with E-state index in [2.05, 4.69) is 4.98 Å². The number of carbonyl (C=O) groups is 2. The highest BCUT2D eigenvalue weighted by Crippen LogP contribution is 2.28. The van der Waals surface area contributed by atoms with E-state index >= 15 is 0 Å². The molecule has 148 valence electrons. The summed E-state index contributed by atoms with van der Waals surface area (Å²) in [6, 6.07) is 7.67. The molecule has 1 saturated heterocycles. The van der Waals surface area contributed by atoms with E-state index in [1.807, 2.05) is 43.0 Å². The molecule has 5 nitrogen and oxygen atoms in total. The summed E-state index contributed by atoms with van der Waals surface area (Å²) in [6.07, 6.45) is 6.35. The minimum Gasteiger partial charge on any atom is -0.496 e. The molecule has 1 aliphatic heterocycles. The maximum absolute atomic E-state index is 13.1. The van der Waals surface area contributed by atoms with E-state index in [1.54, 1.807) is 19.5 Å². The molecule has 0 radical (unpaired) electrons. The Hall–Kier alpha value is -2.69. The van der Waals surface area contributed by atoms with Crippen molar-refractivity contribution in [3.05, 3.63) is 58.9 Å². The van der Waals surface area contributed by atoms with Gasteiger partial charge in [-0.2, -0.15) is 0 Å². The summed E-state index contributed by atoms with van der Waals surface area (Å²) in [7, 11) is 1.65. The first-order valence-corrected chi connectivity index (χ1v) is 9.85. The predicted octanol–water partition coefficient (Wildman–Crippen LogP) is 3.76. The number of likely N-dealkylation sites (tertiary alicyclic amines) is 1. The third kappa shape index (κ3) is 4.58. The number of rotatable bonds is 6. The third-order valence-electron chi connectivity index (χ3n) is 5.47. The molecule has 0 aliphatic carbocycles. The molecule has 0 spiro atoms. The summed E-state index contributed by atoms with van der Waals surface area (Å²) in [4.78, 5) is 31.6. The second kappa shape index (κ2) is 9.00. The van der Waals surface area contributed by atoms with Crippen molar-refractivity contribution in [3.63, 3.8) is 0 Å². The van der Waals surface area contributed by atoms with E-state index in [-0.39, 0.29) is 17.6 Å². The maximum atomic E-state index is 13.1. The predicted molar refractivity (Wildman–Crippen MR) is 109 cm³/mol. The van der Waals surface area contributed by atoms with Crippen molar-refractivity contribution < 1.29 is 14.3 Å². The summed E-state index contributed by atoms with van der Waals surface area (Å²) < 4.78 is 5.40. The van der Waals surface area contributed by atoms with E-state index in [0.717, 1.165) is 41.8 Å². The lowest BCUT2D eigenvalue weighted by Crippen LogP contribution is -2.42. The smallest absolute Gasteiger partial charge is 0.222 e. The lowest BCUT2D eigenvalue weighted by atomic mass is 9.88. The van der Waals surface area contributed by atoms with Crippen molar-refractivity contribution in [1.82, 2.24) is 9.88 Å². The van der Waals surface area contributed by atoms with Gasteiger partial charge in [-0.15, -0.1) is 0 Å². The molecule has 3 rings (SSSR count). The minimum atomic E-state index is -0.133. The van der Waals surface area contributed by atoms with E-state index in [1.165, 1.54) is 0 Å². The van der Waals surface area contributed by atoms with Gasteiger partial charge in [-0.25, -0.2) is 0 Å². The summed E-state index contributed by atoms with van der Waals surface area (Å²) in [5.41, 5.74) is 3.75. The first-order valence-electron chi connectivity index (χ1n) is 9.85. The number of aryl methyl sites for hydroxylation is 3. The number of methoxy groups -OCH3 is 1. The van der Waals surface area contributed by atoms with Crippen molar-refractivity contribution >= 4 is 11.7 Å². The molecule has 2 heterocycles. The van der Waals surface area contributed by atoms with Gasteiger partial charge in [0, 0.05) is 43.4 Å². The minimum absolute atomic E-state index is 0.122. The Balaban J connectivity index is 1.64. The maximum Gasteiger partial charge on any atom is 0.222 e. The molecule has 1 atom stereocenters. The number of piperidine rings is 1. The average molecular weight is 380 g/mol. The van der Waals surface area contributed by atoms with Crippen LogP contribution >= 0.6 is 0 Å². The van der Waals surface area contributed by atoms with Crippen LogP contribution in [-0.2, 0) is 11.2 Å². The van der Waals surface area contributed by atoms with Gasteiger partial charge >= 0.3 is 0 Å². The van der Waals surface area contributed by atoms with Crippen LogP contribution in [0.4, 0.5) is 0 Å². The van der Waals surface area contributed by atoms with Crippen molar-refractivity contribution in [2.75, 3.05) is 20.2 Å². The average Bonchev–Trinajstić information content (AvgIpc) is 2.72. The van der Waals surface area contributed by atoms with E-state index < -0.39 is 0 Å². The number of carbonyl (C=O) groups excluding carboxylic acids is 2. The Bertz CT molecular complexity index is 825. The van der Waals surface area contributed by atoms with Gasteiger partial charge < -0.3 is 9.64 Å². The fourth-order valence-corrected chi connectivity index (χ4v) is 4.03. The van der Waals surface area contributed by atoms with E-state index in [4.69, 9.17) is 4.74 Å². The molecule has 1 aromatic heterocycles. The van der Waals surface area contributed by atoms with Gasteiger partial charge in [0.05, 0.1) is 7.11 Å². The highest BCUT2D eigenvalue weighted by Gasteiger charge is 2.29. The number of aromatic nitrogens is 1. The number of hydrogen-bond donors (Lipinski definition) is 0. The molecule has 1 aromatic carbocycles. The first-order chi connectivity index (χ1) is 13.5. The molecular weight excluding hydrogens is 352 g/mol. The summed E-state index contributed by atoms with van der Waals surface area (Å²) in [5.74, 6) is 0.941. The van der Waals surface area contributed by atoms with Crippen LogP contribution in [0.3, 0.4) is 0 Å². The molecule has 0 N–H and O–H groups in total. The van der Waals surface area contributed by atoms with Crippen LogP contribution in [-0.4, -0.2) is 41.8 Å². The number of amides is 1. The van der Waals surface area contributed by atoms with Gasteiger partial charge in [-0.3, -0.25) is 14.6 Å². The van der Waals surface area contributed by atoms with Crippen molar-refractivity contribution in [2.24, 2.45) is 5.92 Å². The van der Waals surface area contributed by atoms with Gasteiger partial charge in [0.25, 0.3) is 0 Å². The fraction of sp³-hybridized carbons (Fsp3) is 0.435. The van der Waals surface area contributed by atoms with Gasteiger partial charge in [0.15, 0.2) is 5.78 Å². The van der Waals surface area contributed by atoms with Gasteiger partial charge in [-0.1, -0.05) is 0 Å². The first kappa shape index (κ1) is 20.1. The van der Waals surface area contributed by atoms with Gasteiger partial charge in [0.1, 0.15) is 5.75 Å². The second-order valence-electron chi connectivity index (χ2n) is 7.54. The zero-order valence-electron chi connectivity index (χ0n) is 16.9. The largest absolute Gasteiger partial charge is 0.496 e. The Kier molecular flexibility index (Phi) is 6.45. The van der Waals surface area contributed by atoms with Crippen LogP contribution in [0.25, 0.3) is 0 Å². The Labute approximate surface area is 166 Å². The Morgan fingerprint density at radius 2 is 1.86 bits per heavy atom. The normalized spacial score (nSPS) is 16.7. The molecule has 28 heavy (non-hydrogen) atoms. The molecule has 1 amide bonds. The summed E-state index contributed by atoms with van der Waals surface area (Å²) in [6.45, 7) is 5.16. The molecule has 1 fully saturated rings. The number of ketones is 1. The van der Waals surface area contributed by atoms with Crippen LogP contribution < -0.4 is 4.74 Å². The number of hydrogen-bond acceptors (Lipinski definition) is 4. The molecule has 2 aromatic rings. The quantitative estimate of drug-likeness (QED) is 0.716. The lowest BCUT2D eigenvalue weighted by molar-refractivity contribution is -0.132. The van der Waals surface area contributed by atoms with Crippen LogP contribution in [0.5, 0.6) is 5.75 Å². The zero-order valence-corrected chi connectivity index (χ0v) is 16.9. The third-order valence-corrected chi connectivity index (χ3v) is 5.47. The zero-order chi connectivity index (χ0) is 20.1.